The SMILES string of the molecule is Cc1ccccc1N1CN(c2[c-]c([Si](C)(C)c3[c-]c4c(cc3)c3ccccc3n4-c3cc(-c4ccccc4C(C)C)ccn3)ccc2)c2ccccc21.[Pt+2]. The molecule has 268 valence electrons. The Morgan fingerprint density at radius 1 is 0.648 bits per heavy atom. The molecule has 0 aliphatic carbocycles. The maximum Gasteiger partial charge on any atom is 2.00 e. The molecule has 0 N–H and O–H groups in total. The van der Waals surface area contributed by atoms with Gasteiger partial charge in [-0.2, -0.15) is 46.8 Å². The van der Waals surface area contributed by atoms with Crippen LogP contribution in [0.15, 0.2) is 146 Å². The molecule has 0 unspecified atom stereocenters. The van der Waals surface area contributed by atoms with Gasteiger partial charge in [0.15, 0.2) is 0 Å². The molecular weight excluding hydrogens is 856 g/mol. The summed E-state index contributed by atoms with van der Waals surface area (Å²) < 4.78 is 2.31. The van der Waals surface area contributed by atoms with E-state index in [4.69, 9.17) is 4.98 Å². The van der Waals surface area contributed by atoms with Crippen LogP contribution in [0, 0.1) is 19.1 Å². The predicted molar refractivity (Wildman–Crippen MR) is 226 cm³/mol. The van der Waals surface area contributed by atoms with Crippen LogP contribution in [0.5, 0.6) is 0 Å². The van der Waals surface area contributed by atoms with Crippen molar-refractivity contribution in [1.29, 1.82) is 0 Å². The number of nitrogens with zero attached hydrogens (tertiary/aromatic N) is 4. The van der Waals surface area contributed by atoms with Crippen molar-refractivity contribution in [3.63, 3.8) is 0 Å². The molecule has 0 saturated heterocycles. The average Bonchev–Trinajstić information content (AvgIpc) is 3.74. The third-order valence-corrected chi connectivity index (χ3v) is 14.3. The number of hydrogen-bond acceptors (Lipinski definition) is 3. The first-order valence-electron chi connectivity index (χ1n) is 18.5. The van der Waals surface area contributed by atoms with E-state index in [1.807, 2.05) is 6.20 Å². The molecule has 0 radical (unpaired) electrons. The zero-order valence-electron chi connectivity index (χ0n) is 31.2. The molecule has 1 aliphatic heterocycles. The number of anilines is 4. The molecular formula is C48H42N4PtSi. The van der Waals surface area contributed by atoms with Gasteiger partial charge in [-0.3, -0.25) is 0 Å². The number of aromatic nitrogens is 2. The molecule has 0 amide bonds. The summed E-state index contributed by atoms with van der Waals surface area (Å²) in [7, 11) is -2.28. The van der Waals surface area contributed by atoms with Gasteiger partial charge in [0.25, 0.3) is 0 Å². The van der Waals surface area contributed by atoms with E-state index in [1.165, 1.54) is 60.5 Å². The van der Waals surface area contributed by atoms with E-state index in [0.29, 0.717) is 5.92 Å². The molecule has 54 heavy (non-hydrogen) atoms. The summed E-state index contributed by atoms with van der Waals surface area (Å²) >= 11 is 0. The van der Waals surface area contributed by atoms with Crippen LogP contribution in [-0.2, 0) is 21.1 Å². The number of rotatable bonds is 7. The molecule has 6 heteroatoms. The molecule has 0 spiro atoms. The van der Waals surface area contributed by atoms with Gasteiger partial charge in [0.2, 0.25) is 0 Å². The maximum absolute atomic E-state index is 4.98. The predicted octanol–water partition coefficient (Wildman–Crippen LogP) is 10.9. The summed E-state index contributed by atoms with van der Waals surface area (Å²) in [6.45, 7) is 12.3. The third kappa shape index (κ3) is 6.00. The minimum Gasteiger partial charge on any atom is -0.345 e. The van der Waals surface area contributed by atoms with Crippen molar-refractivity contribution in [2.45, 2.75) is 39.8 Å². The van der Waals surface area contributed by atoms with E-state index in [-0.39, 0.29) is 21.1 Å². The van der Waals surface area contributed by atoms with Crippen LogP contribution >= 0.6 is 0 Å². The van der Waals surface area contributed by atoms with E-state index >= 15 is 0 Å². The number of benzene rings is 6. The minimum atomic E-state index is -2.28. The topological polar surface area (TPSA) is 24.3 Å². The van der Waals surface area contributed by atoms with Crippen molar-refractivity contribution >= 4 is 63.0 Å². The smallest absolute Gasteiger partial charge is 0.345 e. The summed E-state index contributed by atoms with van der Waals surface area (Å²) in [5.74, 6) is 1.32. The molecule has 0 atom stereocenters. The van der Waals surface area contributed by atoms with Crippen molar-refractivity contribution in [2.75, 3.05) is 16.5 Å². The fraction of sp³-hybridized carbons (Fsp3) is 0.146. The molecule has 2 aromatic heterocycles. The summed E-state index contributed by atoms with van der Waals surface area (Å²) in [5.41, 5.74) is 12.0. The van der Waals surface area contributed by atoms with Crippen molar-refractivity contribution in [2.24, 2.45) is 0 Å². The standard InChI is InChI=1S/C48H42N4Si.Pt/c1-33(2)39-18-7-8-19-40(39)35-27-28-49-48(29-35)52-44-22-11-9-20-41(44)42-26-25-38(31-47(42)52)53(4,5)37-17-14-16-36(30-37)50-32-51(43-21-10-6-15-34(43)3)46-24-13-12-23-45(46)50;/h6-29,33H,32H2,1-5H3;/q-2;+2. The van der Waals surface area contributed by atoms with E-state index in [1.54, 1.807) is 0 Å². The molecule has 6 aromatic carbocycles. The number of aryl methyl sites for hydroxylation is 1. The first kappa shape index (κ1) is 35.8. The van der Waals surface area contributed by atoms with Gasteiger partial charge in [0, 0.05) is 17.4 Å². The van der Waals surface area contributed by atoms with Gasteiger partial charge in [-0.25, -0.2) is 4.98 Å². The summed E-state index contributed by atoms with van der Waals surface area (Å²) in [6, 6.07) is 58.3. The van der Waals surface area contributed by atoms with Crippen LogP contribution in [0.3, 0.4) is 0 Å². The van der Waals surface area contributed by atoms with Crippen molar-refractivity contribution in [3.8, 4) is 16.9 Å². The largest absolute Gasteiger partial charge is 2.00 e. The normalized spacial score (nSPS) is 12.8. The zero-order valence-corrected chi connectivity index (χ0v) is 34.5. The Balaban J connectivity index is 0.00000413. The second-order valence-electron chi connectivity index (χ2n) is 15.0. The van der Waals surface area contributed by atoms with E-state index in [9.17, 15) is 0 Å². The molecule has 9 rings (SSSR count). The molecule has 1 aliphatic rings. The van der Waals surface area contributed by atoms with Crippen LogP contribution in [-0.4, -0.2) is 24.3 Å². The zero-order chi connectivity index (χ0) is 36.3. The molecule has 0 saturated carbocycles. The van der Waals surface area contributed by atoms with E-state index < -0.39 is 8.07 Å². The van der Waals surface area contributed by atoms with Gasteiger partial charge in [0.1, 0.15) is 5.82 Å². The van der Waals surface area contributed by atoms with Gasteiger partial charge >= 0.3 is 21.1 Å². The quantitative estimate of drug-likeness (QED) is 0.118. The van der Waals surface area contributed by atoms with Gasteiger partial charge in [-0.05, 0) is 76.9 Å². The monoisotopic (exact) mass is 897 g/mol. The minimum absolute atomic E-state index is 0. The average molecular weight is 898 g/mol. The maximum atomic E-state index is 4.98. The summed E-state index contributed by atoms with van der Waals surface area (Å²) in [5, 5.41) is 4.89. The number of para-hydroxylation sites is 4. The third-order valence-electron chi connectivity index (χ3n) is 11.0. The fourth-order valence-corrected chi connectivity index (χ4v) is 10.3. The number of hydrogen-bond donors (Lipinski definition) is 0. The molecule has 8 aromatic rings. The van der Waals surface area contributed by atoms with Crippen LogP contribution in [0.4, 0.5) is 22.7 Å². The molecule has 4 nitrogen and oxygen atoms in total. The van der Waals surface area contributed by atoms with Crippen LogP contribution in [0.25, 0.3) is 38.8 Å². The molecule has 0 fully saturated rings. The Hall–Kier alpha value is -5.22. The van der Waals surface area contributed by atoms with Crippen LogP contribution in [0.1, 0.15) is 30.9 Å². The Morgan fingerprint density at radius 2 is 1.33 bits per heavy atom. The van der Waals surface area contributed by atoms with Crippen molar-refractivity contribution in [3.05, 3.63) is 169 Å². The van der Waals surface area contributed by atoms with Gasteiger partial charge in [0.05, 0.1) is 26.1 Å². The van der Waals surface area contributed by atoms with E-state index in [0.717, 1.165) is 29.2 Å². The Kier molecular flexibility index (Phi) is 9.42. The van der Waals surface area contributed by atoms with Crippen LogP contribution < -0.4 is 20.2 Å². The number of pyridine rings is 1. The Bertz CT molecular complexity index is 2660. The second-order valence-corrected chi connectivity index (χ2v) is 19.3. The summed E-state index contributed by atoms with van der Waals surface area (Å²) in [6.07, 6.45) is 1.95. The Morgan fingerprint density at radius 3 is 2.13 bits per heavy atom. The van der Waals surface area contributed by atoms with Crippen molar-refractivity contribution < 1.29 is 21.1 Å². The first-order chi connectivity index (χ1) is 25.8. The van der Waals surface area contributed by atoms with Gasteiger partial charge < -0.3 is 14.4 Å². The Labute approximate surface area is 334 Å². The fourth-order valence-electron chi connectivity index (χ4n) is 8.08. The first-order valence-corrected chi connectivity index (χ1v) is 21.5. The second kappa shape index (κ2) is 14.2. The van der Waals surface area contributed by atoms with Crippen LogP contribution in [0.2, 0.25) is 13.1 Å². The van der Waals surface area contributed by atoms with E-state index in [2.05, 4.69) is 200 Å². The molecule has 3 heterocycles. The number of fused-ring (bicyclic) bond motifs is 4. The summed E-state index contributed by atoms with van der Waals surface area (Å²) in [4.78, 5) is 9.79. The van der Waals surface area contributed by atoms with Gasteiger partial charge in [-0.1, -0.05) is 111 Å². The van der Waals surface area contributed by atoms with Crippen molar-refractivity contribution in [1.82, 2.24) is 9.55 Å². The van der Waals surface area contributed by atoms with Gasteiger partial charge in [-0.15, -0.1) is 11.5 Å². The molecule has 0 bridgehead atoms.